The van der Waals surface area contributed by atoms with Gasteiger partial charge in [-0.15, -0.1) is 0 Å². The van der Waals surface area contributed by atoms with Crippen molar-refractivity contribution < 1.29 is 4.79 Å². The number of piperazine rings is 1. The van der Waals surface area contributed by atoms with Crippen molar-refractivity contribution in [3.8, 4) is 11.1 Å². The minimum absolute atomic E-state index is 0.393. The van der Waals surface area contributed by atoms with E-state index in [4.69, 9.17) is 5.73 Å². The first kappa shape index (κ1) is 13.6. The minimum atomic E-state index is -0.393. The van der Waals surface area contributed by atoms with Crippen LogP contribution in [0.4, 0.5) is 5.69 Å². The van der Waals surface area contributed by atoms with Gasteiger partial charge in [0.1, 0.15) is 0 Å². The Morgan fingerprint density at radius 1 is 0.905 bits per heavy atom. The number of nitrogens with one attached hydrogen (secondary N) is 1. The van der Waals surface area contributed by atoms with Crippen LogP contribution in [0.3, 0.4) is 0 Å². The summed E-state index contributed by atoms with van der Waals surface area (Å²) in [7, 11) is 0. The number of amides is 1. The first-order valence-electron chi connectivity index (χ1n) is 7.20. The van der Waals surface area contributed by atoms with Crippen molar-refractivity contribution in [2.45, 2.75) is 0 Å². The summed E-state index contributed by atoms with van der Waals surface area (Å²) in [6.07, 6.45) is 0. The average Bonchev–Trinajstić information content (AvgIpc) is 2.56. The first-order valence-corrected chi connectivity index (χ1v) is 7.20. The highest BCUT2D eigenvalue weighted by atomic mass is 16.1. The van der Waals surface area contributed by atoms with Gasteiger partial charge in [-0.2, -0.15) is 0 Å². The summed E-state index contributed by atoms with van der Waals surface area (Å²) >= 11 is 0. The Balaban J connectivity index is 1.78. The van der Waals surface area contributed by atoms with Crippen LogP contribution >= 0.6 is 0 Å². The maximum atomic E-state index is 11.1. The summed E-state index contributed by atoms with van der Waals surface area (Å²) in [5.74, 6) is -0.393. The first-order chi connectivity index (χ1) is 10.2. The summed E-state index contributed by atoms with van der Waals surface area (Å²) in [4.78, 5) is 13.5. The molecule has 3 rings (SSSR count). The van der Waals surface area contributed by atoms with Gasteiger partial charge in [0.2, 0.25) is 5.91 Å². The zero-order valence-electron chi connectivity index (χ0n) is 11.9. The van der Waals surface area contributed by atoms with Crippen molar-refractivity contribution in [2.75, 3.05) is 31.1 Å². The molecule has 4 nitrogen and oxygen atoms in total. The highest BCUT2D eigenvalue weighted by molar-refractivity contribution is 5.93. The Morgan fingerprint density at radius 3 is 1.95 bits per heavy atom. The lowest BCUT2D eigenvalue weighted by atomic mass is 10.0. The third-order valence-electron chi connectivity index (χ3n) is 3.85. The third-order valence-corrected chi connectivity index (χ3v) is 3.85. The van der Waals surface area contributed by atoms with Crippen LogP contribution in [-0.4, -0.2) is 32.1 Å². The number of benzene rings is 2. The van der Waals surface area contributed by atoms with Crippen LogP contribution in [0.1, 0.15) is 10.4 Å². The number of hydrogen-bond acceptors (Lipinski definition) is 3. The molecule has 0 atom stereocenters. The lowest BCUT2D eigenvalue weighted by Crippen LogP contribution is -2.43. The Bertz CT molecular complexity index is 613. The second-order valence-electron chi connectivity index (χ2n) is 5.23. The van der Waals surface area contributed by atoms with Crippen molar-refractivity contribution in [1.29, 1.82) is 0 Å². The molecule has 0 unspecified atom stereocenters. The molecular weight excluding hydrogens is 262 g/mol. The van der Waals surface area contributed by atoms with Gasteiger partial charge in [-0.25, -0.2) is 0 Å². The summed E-state index contributed by atoms with van der Waals surface area (Å²) in [6, 6.07) is 15.9. The van der Waals surface area contributed by atoms with E-state index in [0.29, 0.717) is 5.56 Å². The van der Waals surface area contributed by atoms with Gasteiger partial charge in [-0.3, -0.25) is 4.79 Å². The van der Waals surface area contributed by atoms with Crippen LogP contribution < -0.4 is 16.0 Å². The lowest BCUT2D eigenvalue weighted by Gasteiger charge is -2.29. The van der Waals surface area contributed by atoms with Gasteiger partial charge in [0.15, 0.2) is 0 Å². The van der Waals surface area contributed by atoms with Crippen LogP contribution in [0.25, 0.3) is 11.1 Å². The number of carbonyl (C=O) groups is 1. The Labute approximate surface area is 124 Å². The predicted octanol–water partition coefficient (Wildman–Crippen LogP) is 1.86. The molecule has 0 spiro atoms. The van der Waals surface area contributed by atoms with Gasteiger partial charge >= 0.3 is 0 Å². The van der Waals surface area contributed by atoms with Gasteiger partial charge in [0, 0.05) is 37.4 Å². The fourth-order valence-electron chi connectivity index (χ4n) is 2.61. The molecule has 108 valence electrons. The van der Waals surface area contributed by atoms with Crippen molar-refractivity contribution in [3.05, 3.63) is 54.1 Å². The molecule has 0 saturated carbocycles. The second-order valence-corrected chi connectivity index (χ2v) is 5.23. The fourth-order valence-corrected chi connectivity index (χ4v) is 2.61. The molecule has 1 aliphatic rings. The molecule has 2 aromatic rings. The SMILES string of the molecule is NC(=O)c1ccc(-c2ccc(N3CCNCC3)cc2)cc1. The van der Waals surface area contributed by atoms with E-state index < -0.39 is 5.91 Å². The van der Waals surface area contributed by atoms with Crippen LogP contribution in [-0.2, 0) is 0 Å². The standard InChI is InChI=1S/C17H19N3O/c18-17(21)15-3-1-13(2-4-15)14-5-7-16(8-6-14)20-11-9-19-10-12-20/h1-8,19H,9-12H2,(H2,18,21). The highest BCUT2D eigenvalue weighted by Gasteiger charge is 2.10. The lowest BCUT2D eigenvalue weighted by molar-refractivity contribution is 0.100. The number of rotatable bonds is 3. The molecule has 0 aliphatic carbocycles. The number of carbonyl (C=O) groups excluding carboxylic acids is 1. The molecule has 0 aromatic heterocycles. The number of nitrogens with two attached hydrogens (primary N) is 1. The number of hydrogen-bond donors (Lipinski definition) is 2. The molecule has 1 saturated heterocycles. The fraction of sp³-hybridized carbons (Fsp3) is 0.235. The Kier molecular flexibility index (Phi) is 3.88. The Hall–Kier alpha value is -2.33. The summed E-state index contributed by atoms with van der Waals surface area (Å²) in [5, 5.41) is 3.36. The van der Waals surface area contributed by atoms with E-state index in [1.807, 2.05) is 12.1 Å². The monoisotopic (exact) mass is 281 g/mol. The maximum absolute atomic E-state index is 11.1. The second kappa shape index (κ2) is 5.97. The molecule has 1 fully saturated rings. The van der Waals surface area contributed by atoms with Gasteiger partial charge < -0.3 is 16.0 Å². The molecule has 1 heterocycles. The van der Waals surface area contributed by atoms with Crippen molar-refractivity contribution >= 4 is 11.6 Å². The van der Waals surface area contributed by atoms with E-state index in [-0.39, 0.29) is 0 Å². The largest absolute Gasteiger partial charge is 0.369 e. The molecule has 1 amide bonds. The van der Waals surface area contributed by atoms with Crippen molar-refractivity contribution in [2.24, 2.45) is 5.73 Å². The zero-order chi connectivity index (χ0) is 14.7. The van der Waals surface area contributed by atoms with Gasteiger partial charge in [-0.05, 0) is 35.4 Å². The van der Waals surface area contributed by atoms with Crippen LogP contribution in [0.2, 0.25) is 0 Å². The molecule has 3 N–H and O–H groups in total. The molecule has 1 aliphatic heterocycles. The van der Waals surface area contributed by atoms with Crippen LogP contribution in [0.15, 0.2) is 48.5 Å². The van der Waals surface area contributed by atoms with E-state index in [2.05, 4.69) is 34.5 Å². The summed E-state index contributed by atoms with van der Waals surface area (Å²) < 4.78 is 0. The highest BCUT2D eigenvalue weighted by Crippen LogP contribution is 2.23. The summed E-state index contributed by atoms with van der Waals surface area (Å²) in [5.41, 5.74) is 9.28. The quantitative estimate of drug-likeness (QED) is 0.903. The van der Waals surface area contributed by atoms with Crippen LogP contribution in [0, 0.1) is 0 Å². The smallest absolute Gasteiger partial charge is 0.248 e. The molecule has 2 aromatic carbocycles. The van der Waals surface area contributed by atoms with Gasteiger partial charge in [0.05, 0.1) is 0 Å². The van der Waals surface area contributed by atoms with Crippen molar-refractivity contribution in [1.82, 2.24) is 5.32 Å². The average molecular weight is 281 g/mol. The third kappa shape index (κ3) is 3.06. The predicted molar refractivity (Wildman–Crippen MR) is 85.5 cm³/mol. The van der Waals surface area contributed by atoms with E-state index in [1.165, 1.54) is 5.69 Å². The van der Waals surface area contributed by atoms with E-state index in [1.54, 1.807) is 12.1 Å². The molecule has 4 heteroatoms. The number of nitrogens with zero attached hydrogens (tertiary/aromatic N) is 1. The molecular formula is C17H19N3O. The molecule has 0 radical (unpaired) electrons. The number of primary amides is 1. The maximum Gasteiger partial charge on any atom is 0.248 e. The van der Waals surface area contributed by atoms with Crippen molar-refractivity contribution in [3.63, 3.8) is 0 Å². The molecule has 0 bridgehead atoms. The van der Waals surface area contributed by atoms with Crippen LogP contribution in [0.5, 0.6) is 0 Å². The normalized spacial score (nSPS) is 15.0. The van der Waals surface area contributed by atoms with Gasteiger partial charge in [-0.1, -0.05) is 24.3 Å². The number of anilines is 1. The van der Waals surface area contributed by atoms with E-state index >= 15 is 0 Å². The van der Waals surface area contributed by atoms with Gasteiger partial charge in [0.25, 0.3) is 0 Å². The summed E-state index contributed by atoms with van der Waals surface area (Å²) in [6.45, 7) is 4.17. The minimum Gasteiger partial charge on any atom is -0.369 e. The molecule has 21 heavy (non-hydrogen) atoms. The van der Waals surface area contributed by atoms with E-state index in [0.717, 1.165) is 37.3 Å². The Morgan fingerprint density at radius 2 is 1.43 bits per heavy atom. The topological polar surface area (TPSA) is 58.4 Å². The van der Waals surface area contributed by atoms with E-state index in [9.17, 15) is 4.79 Å². The zero-order valence-corrected chi connectivity index (χ0v) is 11.9.